The average molecular weight is 291 g/mol. The van der Waals surface area contributed by atoms with E-state index in [1.54, 1.807) is 0 Å². The van der Waals surface area contributed by atoms with Crippen LogP contribution in [0.4, 0.5) is 0 Å². The molecular formula is C17H25NO3. The molecule has 0 fully saturated rings. The van der Waals surface area contributed by atoms with Crippen LogP contribution in [0.15, 0.2) is 18.2 Å². The van der Waals surface area contributed by atoms with E-state index in [1.807, 2.05) is 32.0 Å². The van der Waals surface area contributed by atoms with Gasteiger partial charge in [0.15, 0.2) is 11.5 Å². The van der Waals surface area contributed by atoms with Gasteiger partial charge in [-0.2, -0.15) is 0 Å². The number of hydrogen-bond acceptors (Lipinski definition) is 3. The monoisotopic (exact) mass is 291 g/mol. The lowest BCUT2D eigenvalue weighted by Crippen LogP contribution is -2.41. The van der Waals surface area contributed by atoms with Crippen LogP contribution < -0.4 is 14.8 Å². The minimum absolute atomic E-state index is 0.0959. The Morgan fingerprint density at radius 2 is 2.05 bits per heavy atom. The standard InChI is InChI=1S/C17H25NO3/c1-5-6-12(2)9-16(19)18-17(3,4)13-7-8-14-15(10-13)21-11-20-14/h7-8,10,12H,5-6,9,11H2,1-4H3,(H,18,19). The van der Waals surface area contributed by atoms with Gasteiger partial charge < -0.3 is 14.8 Å². The lowest BCUT2D eigenvalue weighted by molar-refractivity contribution is -0.123. The third-order valence-corrected chi connectivity index (χ3v) is 3.86. The van der Waals surface area contributed by atoms with Gasteiger partial charge in [0.2, 0.25) is 12.7 Å². The second-order valence-corrected chi connectivity index (χ2v) is 6.34. The number of hydrogen-bond donors (Lipinski definition) is 1. The highest BCUT2D eigenvalue weighted by molar-refractivity contribution is 5.77. The van der Waals surface area contributed by atoms with Gasteiger partial charge >= 0.3 is 0 Å². The zero-order valence-electron chi connectivity index (χ0n) is 13.4. The van der Waals surface area contributed by atoms with Crippen molar-refractivity contribution in [2.24, 2.45) is 5.92 Å². The number of ether oxygens (including phenoxy) is 2. The van der Waals surface area contributed by atoms with Crippen molar-refractivity contribution >= 4 is 5.91 Å². The molecule has 0 aromatic heterocycles. The minimum Gasteiger partial charge on any atom is -0.454 e. The van der Waals surface area contributed by atoms with Crippen LogP contribution in [0.25, 0.3) is 0 Å². The summed E-state index contributed by atoms with van der Waals surface area (Å²) in [5.41, 5.74) is 0.590. The Balaban J connectivity index is 2.02. The van der Waals surface area contributed by atoms with Gasteiger partial charge in [0, 0.05) is 6.42 Å². The van der Waals surface area contributed by atoms with Gasteiger partial charge in [-0.05, 0) is 37.5 Å². The van der Waals surface area contributed by atoms with Crippen LogP contribution in [0, 0.1) is 5.92 Å². The maximum atomic E-state index is 12.2. The topological polar surface area (TPSA) is 47.6 Å². The highest BCUT2D eigenvalue weighted by atomic mass is 16.7. The Morgan fingerprint density at radius 3 is 2.76 bits per heavy atom. The Morgan fingerprint density at radius 1 is 1.33 bits per heavy atom. The van der Waals surface area contributed by atoms with Crippen molar-refractivity contribution in [3.05, 3.63) is 23.8 Å². The van der Waals surface area contributed by atoms with E-state index in [2.05, 4.69) is 19.2 Å². The Hall–Kier alpha value is -1.71. The number of fused-ring (bicyclic) bond motifs is 1. The molecule has 1 aliphatic rings. The first-order valence-electron chi connectivity index (χ1n) is 7.63. The van der Waals surface area contributed by atoms with Crippen molar-refractivity contribution in [1.82, 2.24) is 5.32 Å². The molecule has 116 valence electrons. The van der Waals surface area contributed by atoms with Crippen molar-refractivity contribution in [3.8, 4) is 11.5 Å². The number of benzene rings is 1. The van der Waals surface area contributed by atoms with E-state index in [4.69, 9.17) is 9.47 Å². The summed E-state index contributed by atoms with van der Waals surface area (Å²) < 4.78 is 10.7. The molecule has 0 saturated heterocycles. The first-order valence-corrected chi connectivity index (χ1v) is 7.63. The molecule has 0 bridgehead atoms. The van der Waals surface area contributed by atoms with E-state index in [0.717, 1.165) is 29.9 Å². The van der Waals surface area contributed by atoms with Crippen LogP contribution in [0.2, 0.25) is 0 Å². The van der Waals surface area contributed by atoms with E-state index in [1.165, 1.54) is 0 Å². The van der Waals surface area contributed by atoms with Gasteiger partial charge in [-0.25, -0.2) is 0 Å². The molecule has 0 spiro atoms. The number of carbonyl (C=O) groups excluding carboxylic acids is 1. The first-order chi connectivity index (χ1) is 9.92. The lowest BCUT2D eigenvalue weighted by Gasteiger charge is -2.28. The highest BCUT2D eigenvalue weighted by Gasteiger charge is 2.26. The summed E-state index contributed by atoms with van der Waals surface area (Å²) in [7, 11) is 0. The molecule has 4 heteroatoms. The third kappa shape index (κ3) is 3.90. The van der Waals surface area contributed by atoms with Gasteiger partial charge in [0.1, 0.15) is 0 Å². The Kier molecular flexibility index (Phi) is 4.76. The lowest BCUT2D eigenvalue weighted by atomic mass is 9.93. The van der Waals surface area contributed by atoms with Crippen molar-refractivity contribution in [1.29, 1.82) is 0 Å². The van der Waals surface area contributed by atoms with E-state index >= 15 is 0 Å². The summed E-state index contributed by atoms with van der Waals surface area (Å²) in [6, 6.07) is 5.81. The summed E-state index contributed by atoms with van der Waals surface area (Å²) in [6.45, 7) is 8.54. The van der Waals surface area contributed by atoms with Crippen LogP contribution in [0.5, 0.6) is 11.5 Å². The summed E-state index contributed by atoms with van der Waals surface area (Å²) in [6.07, 6.45) is 2.76. The molecule has 1 amide bonds. The number of carbonyl (C=O) groups is 1. The Bertz CT molecular complexity index is 511. The van der Waals surface area contributed by atoms with Crippen molar-refractivity contribution in [2.75, 3.05) is 6.79 Å². The fraction of sp³-hybridized carbons (Fsp3) is 0.588. The fourth-order valence-electron chi connectivity index (χ4n) is 2.67. The fourth-order valence-corrected chi connectivity index (χ4v) is 2.67. The Labute approximate surface area is 126 Å². The maximum absolute atomic E-state index is 12.2. The van der Waals surface area contributed by atoms with Crippen molar-refractivity contribution < 1.29 is 14.3 Å². The zero-order chi connectivity index (χ0) is 15.5. The molecule has 1 N–H and O–H groups in total. The first kappa shape index (κ1) is 15.7. The van der Waals surface area contributed by atoms with Gasteiger partial charge in [-0.1, -0.05) is 32.8 Å². The molecule has 0 saturated carbocycles. The van der Waals surface area contributed by atoms with Crippen LogP contribution in [-0.2, 0) is 10.3 Å². The summed E-state index contributed by atoms with van der Waals surface area (Å²) in [5, 5.41) is 3.12. The van der Waals surface area contributed by atoms with E-state index < -0.39 is 5.54 Å². The van der Waals surface area contributed by atoms with Crippen molar-refractivity contribution in [2.45, 2.75) is 52.5 Å². The van der Waals surface area contributed by atoms with Gasteiger partial charge in [-0.3, -0.25) is 4.79 Å². The number of nitrogens with one attached hydrogen (secondary N) is 1. The van der Waals surface area contributed by atoms with E-state index in [0.29, 0.717) is 12.3 Å². The quantitative estimate of drug-likeness (QED) is 0.871. The second-order valence-electron chi connectivity index (χ2n) is 6.34. The second kappa shape index (κ2) is 6.37. The normalized spacial score (nSPS) is 14.9. The number of rotatable bonds is 6. The molecule has 1 heterocycles. The maximum Gasteiger partial charge on any atom is 0.231 e. The minimum atomic E-state index is -0.427. The van der Waals surface area contributed by atoms with Gasteiger partial charge in [-0.15, -0.1) is 0 Å². The SMILES string of the molecule is CCCC(C)CC(=O)NC(C)(C)c1ccc2c(c1)OCO2. The molecule has 21 heavy (non-hydrogen) atoms. The summed E-state index contributed by atoms with van der Waals surface area (Å²) in [5.74, 6) is 2.02. The predicted molar refractivity (Wildman–Crippen MR) is 82.4 cm³/mol. The van der Waals surface area contributed by atoms with Gasteiger partial charge in [0.05, 0.1) is 5.54 Å². The molecule has 1 atom stereocenters. The molecule has 1 aliphatic heterocycles. The molecule has 1 aromatic rings. The summed E-state index contributed by atoms with van der Waals surface area (Å²) >= 11 is 0. The smallest absolute Gasteiger partial charge is 0.231 e. The molecule has 0 aliphatic carbocycles. The van der Waals surface area contributed by atoms with Crippen LogP contribution in [0.1, 0.15) is 52.5 Å². The molecule has 4 nitrogen and oxygen atoms in total. The van der Waals surface area contributed by atoms with Gasteiger partial charge in [0.25, 0.3) is 0 Å². The van der Waals surface area contributed by atoms with E-state index in [-0.39, 0.29) is 12.7 Å². The summed E-state index contributed by atoms with van der Waals surface area (Å²) in [4.78, 5) is 12.2. The predicted octanol–water partition coefficient (Wildman–Crippen LogP) is 3.59. The van der Waals surface area contributed by atoms with E-state index in [9.17, 15) is 4.79 Å². The number of amides is 1. The molecule has 1 unspecified atom stereocenters. The average Bonchev–Trinajstić information content (AvgIpc) is 2.84. The van der Waals surface area contributed by atoms with Crippen molar-refractivity contribution in [3.63, 3.8) is 0 Å². The zero-order valence-corrected chi connectivity index (χ0v) is 13.4. The largest absolute Gasteiger partial charge is 0.454 e. The highest BCUT2D eigenvalue weighted by Crippen LogP contribution is 2.35. The molecular weight excluding hydrogens is 266 g/mol. The molecule has 2 rings (SSSR count). The van der Waals surface area contributed by atoms with Crippen LogP contribution in [-0.4, -0.2) is 12.7 Å². The third-order valence-electron chi connectivity index (χ3n) is 3.86. The van der Waals surface area contributed by atoms with Crippen LogP contribution >= 0.6 is 0 Å². The van der Waals surface area contributed by atoms with Crippen LogP contribution in [0.3, 0.4) is 0 Å². The molecule has 1 aromatic carbocycles. The molecule has 0 radical (unpaired) electrons.